The van der Waals surface area contributed by atoms with Crippen molar-refractivity contribution in [3.63, 3.8) is 0 Å². The van der Waals surface area contributed by atoms with E-state index in [1.54, 1.807) is 24.3 Å². The summed E-state index contributed by atoms with van der Waals surface area (Å²) in [6.45, 7) is 5.34. The minimum atomic E-state index is -3.35. The van der Waals surface area contributed by atoms with Gasteiger partial charge in [-0.25, -0.2) is 18.4 Å². The van der Waals surface area contributed by atoms with Crippen LogP contribution in [-0.2, 0) is 24.2 Å². The molecule has 1 atom stereocenters. The Morgan fingerprint density at radius 1 is 1.15 bits per heavy atom. The first-order chi connectivity index (χ1) is 18.9. The normalized spacial score (nSPS) is 17.9. The summed E-state index contributed by atoms with van der Waals surface area (Å²) in [5.41, 5.74) is 1.06. The third kappa shape index (κ3) is 6.90. The van der Waals surface area contributed by atoms with Crippen LogP contribution < -0.4 is 15.4 Å². The van der Waals surface area contributed by atoms with Crippen molar-refractivity contribution in [2.75, 3.05) is 38.2 Å². The first kappa shape index (κ1) is 27.4. The third-order valence-corrected chi connectivity index (χ3v) is 9.42. The number of rotatable bonds is 13. The van der Waals surface area contributed by atoms with Gasteiger partial charge in [0.25, 0.3) is 5.91 Å². The van der Waals surface area contributed by atoms with Gasteiger partial charge < -0.3 is 19.6 Å². The van der Waals surface area contributed by atoms with E-state index in [-0.39, 0.29) is 22.0 Å². The predicted octanol–water partition coefficient (Wildman–Crippen LogP) is 3.15. The van der Waals surface area contributed by atoms with E-state index < -0.39 is 15.7 Å². The monoisotopic (exact) mass is 573 g/mol. The van der Waals surface area contributed by atoms with E-state index in [1.807, 2.05) is 0 Å². The summed E-state index contributed by atoms with van der Waals surface area (Å²) in [5.74, 6) is -0.0399. The molecule has 5 rings (SSSR count). The number of ether oxygens (including phenoxy) is 2. The SMILES string of the molecule is CCNCCCOc1ccc2nc(NC(=O)/C(=N/O[C@@H]3CCOC3)c3ccc(S(=O)(=O)C4CC4)cc3)sc2n1. The lowest BCUT2D eigenvalue weighted by atomic mass is 10.1. The molecule has 13 heteroatoms. The van der Waals surface area contributed by atoms with Crippen LogP contribution in [0.2, 0.25) is 0 Å². The van der Waals surface area contributed by atoms with Gasteiger partial charge in [0.1, 0.15) is 10.3 Å². The molecule has 3 heterocycles. The number of amides is 1. The molecule has 2 N–H and O–H groups in total. The number of fused-ring (bicyclic) bond motifs is 1. The maximum absolute atomic E-state index is 13.3. The fourth-order valence-electron chi connectivity index (χ4n) is 3.96. The molecule has 11 nitrogen and oxygen atoms in total. The maximum Gasteiger partial charge on any atom is 0.280 e. The second-order valence-corrected chi connectivity index (χ2v) is 12.5. The Labute approximate surface area is 230 Å². The zero-order valence-corrected chi connectivity index (χ0v) is 23.2. The smallest absolute Gasteiger partial charge is 0.280 e. The lowest BCUT2D eigenvalue weighted by molar-refractivity contribution is -0.110. The molecule has 0 spiro atoms. The van der Waals surface area contributed by atoms with Gasteiger partial charge in [-0.3, -0.25) is 10.1 Å². The van der Waals surface area contributed by atoms with Crippen LogP contribution in [0, 0.1) is 0 Å². The van der Waals surface area contributed by atoms with Crippen molar-refractivity contribution in [2.24, 2.45) is 5.16 Å². The van der Waals surface area contributed by atoms with Gasteiger partial charge in [0, 0.05) is 18.1 Å². The summed E-state index contributed by atoms with van der Waals surface area (Å²) < 4.78 is 36.2. The number of carbonyl (C=O) groups excluding carboxylic acids is 1. The van der Waals surface area contributed by atoms with E-state index in [2.05, 4.69) is 32.7 Å². The lowest BCUT2D eigenvalue weighted by Crippen LogP contribution is -2.25. The van der Waals surface area contributed by atoms with Gasteiger partial charge >= 0.3 is 0 Å². The summed E-state index contributed by atoms with van der Waals surface area (Å²) in [7, 11) is -3.35. The van der Waals surface area contributed by atoms with Crippen molar-refractivity contribution in [2.45, 2.75) is 48.9 Å². The summed E-state index contributed by atoms with van der Waals surface area (Å²) >= 11 is 1.22. The Balaban J connectivity index is 1.31. The molecule has 1 aliphatic carbocycles. The molecule has 2 fully saturated rings. The highest BCUT2D eigenvalue weighted by molar-refractivity contribution is 7.92. The topological polar surface area (TPSA) is 141 Å². The molecule has 1 aliphatic heterocycles. The summed E-state index contributed by atoms with van der Waals surface area (Å²) in [4.78, 5) is 28.8. The highest BCUT2D eigenvalue weighted by atomic mass is 32.2. The molecular weight excluding hydrogens is 542 g/mol. The van der Waals surface area contributed by atoms with Crippen molar-refractivity contribution in [3.05, 3.63) is 42.0 Å². The lowest BCUT2D eigenvalue weighted by Gasteiger charge is -2.10. The molecule has 39 heavy (non-hydrogen) atoms. The average Bonchev–Trinajstić information content (AvgIpc) is 3.54. The summed E-state index contributed by atoms with van der Waals surface area (Å²) in [5, 5.41) is 10.2. The van der Waals surface area contributed by atoms with Crippen LogP contribution in [0.3, 0.4) is 0 Å². The second kappa shape index (κ2) is 12.4. The van der Waals surface area contributed by atoms with E-state index in [4.69, 9.17) is 14.3 Å². The standard InChI is InChI=1S/C26H31N5O6S2/c1-2-27-13-3-14-36-22-11-10-21-25(29-22)38-26(28-21)30-24(32)23(31-37-18-12-15-35-16-18)17-4-6-19(7-5-17)39(33,34)20-8-9-20/h4-7,10-11,18,20,27H,2-3,8-9,12-16H2,1H3,(H,28,30,32)/b31-23+/t18-/m1/s1. The number of oxime groups is 1. The van der Waals surface area contributed by atoms with Crippen LogP contribution in [0.4, 0.5) is 5.13 Å². The van der Waals surface area contributed by atoms with Gasteiger partial charge in [-0.15, -0.1) is 0 Å². The first-order valence-corrected chi connectivity index (χ1v) is 15.4. The van der Waals surface area contributed by atoms with E-state index >= 15 is 0 Å². The molecule has 1 amide bonds. The summed E-state index contributed by atoms with van der Waals surface area (Å²) in [6, 6.07) is 9.70. The number of nitrogens with one attached hydrogen (secondary N) is 2. The second-order valence-electron chi connectivity index (χ2n) is 9.30. The number of thiazole rings is 1. The van der Waals surface area contributed by atoms with Crippen LogP contribution >= 0.6 is 11.3 Å². The zero-order valence-electron chi connectivity index (χ0n) is 21.6. The first-order valence-electron chi connectivity index (χ1n) is 13.0. The highest BCUT2D eigenvalue weighted by Crippen LogP contribution is 2.33. The van der Waals surface area contributed by atoms with Crippen LogP contribution in [0.25, 0.3) is 10.3 Å². The van der Waals surface area contributed by atoms with Gasteiger partial charge in [0.2, 0.25) is 5.88 Å². The molecule has 0 radical (unpaired) electrons. The van der Waals surface area contributed by atoms with Gasteiger partial charge in [-0.05, 0) is 50.6 Å². The van der Waals surface area contributed by atoms with E-state index in [0.29, 0.717) is 66.0 Å². The molecule has 1 aromatic carbocycles. The zero-order chi connectivity index (χ0) is 27.2. The van der Waals surface area contributed by atoms with Crippen LogP contribution in [0.15, 0.2) is 46.4 Å². The van der Waals surface area contributed by atoms with Crippen molar-refractivity contribution in [1.29, 1.82) is 0 Å². The van der Waals surface area contributed by atoms with Gasteiger partial charge in [0.15, 0.2) is 26.8 Å². The fraction of sp³-hybridized carbons (Fsp3) is 0.462. The molecule has 208 valence electrons. The van der Waals surface area contributed by atoms with Crippen LogP contribution in [0.1, 0.15) is 38.2 Å². The molecule has 0 unspecified atom stereocenters. The number of hydrogen-bond acceptors (Lipinski definition) is 11. The highest BCUT2D eigenvalue weighted by Gasteiger charge is 2.36. The maximum atomic E-state index is 13.3. The van der Waals surface area contributed by atoms with E-state index in [1.165, 1.54) is 23.5 Å². The number of anilines is 1. The number of aromatic nitrogens is 2. The Bertz CT molecular complexity index is 1430. The minimum Gasteiger partial charge on any atom is -0.478 e. The largest absolute Gasteiger partial charge is 0.478 e. The Morgan fingerprint density at radius 2 is 1.97 bits per heavy atom. The summed E-state index contributed by atoms with van der Waals surface area (Å²) in [6.07, 6.45) is 2.63. The van der Waals surface area contributed by atoms with Crippen molar-refractivity contribution in [3.8, 4) is 5.88 Å². The molecule has 2 aromatic heterocycles. The Hall–Kier alpha value is -3.13. The third-order valence-electron chi connectivity index (χ3n) is 6.26. The van der Waals surface area contributed by atoms with E-state index in [0.717, 1.165) is 19.5 Å². The van der Waals surface area contributed by atoms with Gasteiger partial charge in [-0.1, -0.05) is 35.5 Å². The molecule has 1 saturated carbocycles. The number of nitrogens with zero attached hydrogens (tertiary/aromatic N) is 3. The number of carbonyl (C=O) groups is 1. The van der Waals surface area contributed by atoms with Crippen molar-refractivity contribution < 1.29 is 27.5 Å². The molecule has 1 saturated heterocycles. The van der Waals surface area contributed by atoms with Gasteiger partial charge in [0.05, 0.1) is 30.0 Å². The number of sulfone groups is 1. The average molecular weight is 574 g/mol. The van der Waals surface area contributed by atoms with Crippen LogP contribution in [0.5, 0.6) is 5.88 Å². The van der Waals surface area contributed by atoms with E-state index in [9.17, 15) is 13.2 Å². The fourth-order valence-corrected chi connectivity index (χ4v) is 6.44. The minimum absolute atomic E-state index is 0.00852. The van der Waals surface area contributed by atoms with Gasteiger partial charge in [-0.2, -0.15) is 0 Å². The molecule has 3 aromatic rings. The molecule has 0 bridgehead atoms. The van der Waals surface area contributed by atoms with Crippen molar-refractivity contribution in [1.82, 2.24) is 15.3 Å². The number of benzene rings is 1. The Morgan fingerprint density at radius 3 is 2.69 bits per heavy atom. The number of hydrogen-bond donors (Lipinski definition) is 2. The predicted molar refractivity (Wildman–Crippen MR) is 148 cm³/mol. The Kier molecular flexibility index (Phi) is 8.70. The molecular formula is C26H31N5O6S2. The quantitative estimate of drug-likeness (QED) is 0.179. The molecule has 2 aliphatic rings. The van der Waals surface area contributed by atoms with Crippen molar-refractivity contribution >= 4 is 48.3 Å². The number of pyridine rings is 1. The van der Waals surface area contributed by atoms with Crippen LogP contribution in [-0.4, -0.2) is 74.3 Å².